The number of nitrogens with one attached hydrogen (secondary N) is 1. The van der Waals surface area contributed by atoms with Crippen molar-refractivity contribution in [2.45, 2.75) is 50.6 Å². The largest absolute Gasteiger partial charge is 0.481 e. The predicted octanol–water partition coefficient (Wildman–Crippen LogP) is 3.94. The van der Waals surface area contributed by atoms with Gasteiger partial charge in [0, 0.05) is 30.0 Å². The van der Waals surface area contributed by atoms with E-state index in [2.05, 4.69) is 39.3 Å². The quantitative estimate of drug-likeness (QED) is 0.898. The van der Waals surface area contributed by atoms with E-state index < -0.39 is 0 Å². The first kappa shape index (κ1) is 15.4. The van der Waals surface area contributed by atoms with Gasteiger partial charge in [0.25, 0.3) is 0 Å². The normalized spacial score (nSPS) is 32.9. The van der Waals surface area contributed by atoms with Crippen LogP contribution in [0.25, 0.3) is 5.69 Å². The lowest BCUT2D eigenvalue weighted by atomic mass is 9.53. The summed E-state index contributed by atoms with van der Waals surface area (Å²) in [5.41, 5.74) is 2.80. The maximum Gasteiger partial charge on any atom is 0.213 e. The van der Waals surface area contributed by atoms with Crippen LogP contribution in [0.1, 0.15) is 44.2 Å². The monoisotopic (exact) mass is 337 g/mol. The summed E-state index contributed by atoms with van der Waals surface area (Å²) in [7, 11) is 1.65. The lowest BCUT2D eigenvalue weighted by Gasteiger charge is -2.57. The lowest BCUT2D eigenvalue weighted by Crippen LogP contribution is -2.58. The highest BCUT2D eigenvalue weighted by molar-refractivity contribution is 5.34. The van der Waals surface area contributed by atoms with Gasteiger partial charge in [-0.1, -0.05) is 0 Å². The maximum atomic E-state index is 5.17. The molecule has 25 heavy (non-hydrogen) atoms. The van der Waals surface area contributed by atoms with Gasteiger partial charge in [0.2, 0.25) is 5.88 Å². The summed E-state index contributed by atoms with van der Waals surface area (Å²) in [6.45, 7) is 0.936. The van der Waals surface area contributed by atoms with Crippen molar-refractivity contribution >= 4 is 0 Å². The van der Waals surface area contributed by atoms with Crippen LogP contribution in [0.15, 0.2) is 36.7 Å². The van der Waals surface area contributed by atoms with Gasteiger partial charge in [0.15, 0.2) is 0 Å². The highest BCUT2D eigenvalue weighted by Gasteiger charge is 2.50. The predicted molar refractivity (Wildman–Crippen MR) is 97.9 cm³/mol. The molecule has 4 saturated carbocycles. The lowest BCUT2D eigenvalue weighted by molar-refractivity contribution is -0.0207. The zero-order valence-electron chi connectivity index (χ0n) is 14.9. The van der Waals surface area contributed by atoms with E-state index in [0.717, 1.165) is 30.0 Å². The Labute approximate surface area is 149 Å². The first-order valence-electron chi connectivity index (χ1n) is 9.65. The molecular weight excluding hydrogens is 310 g/mol. The van der Waals surface area contributed by atoms with Gasteiger partial charge in [0.1, 0.15) is 0 Å². The number of pyridine rings is 1. The summed E-state index contributed by atoms with van der Waals surface area (Å²) < 4.78 is 7.41. The van der Waals surface area contributed by atoms with E-state index in [4.69, 9.17) is 4.74 Å². The Morgan fingerprint density at radius 3 is 2.44 bits per heavy atom. The Balaban J connectivity index is 1.33. The Bertz CT molecular complexity index is 713. The summed E-state index contributed by atoms with van der Waals surface area (Å²) in [4.78, 5) is 4.35. The zero-order chi connectivity index (χ0) is 16.9. The molecule has 0 unspecified atom stereocenters. The number of hydrogen-bond acceptors (Lipinski definition) is 3. The molecule has 0 atom stereocenters. The number of ether oxygens (including phenoxy) is 1. The highest BCUT2D eigenvalue weighted by atomic mass is 16.5. The Morgan fingerprint density at radius 2 is 1.84 bits per heavy atom. The fourth-order valence-electron chi connectivity index (χ4n) is 6.05. The number of methoxy groups -OCH3 is 1. The van der Waals surface area contributed by atoms with E-state index in [9.17, 15) is 0 Å². The summed E-state index contributed by atoms with van der Waals surface area (Å²) in [5, 5.41) is 4.00. The van der Waals surface area contributed by atoms with Crippen LogP contribution in [0.2, 0.25) is 0 Å². The molecule has 4 heteroatoms. The van der Waals surface area contributed by atoms with Crippen molar-refractivity contribution in [2.24, 2.45) is 17.8 Å². The molecule has 4 aliphatic rings. The van der Waals surface area contributed by atoms with Crippen LogP contribution in [0, 0.1) is 17.8 Å². The van der Waals surface area contributed by atoms with Gasteiger partial charge < -0.3 is 14.6 Å². The minimum absolute atomic E-state index is 0.405. The third kappa shape index (κ3) is 2.77. The van der Waals surface area contributed by atoms with E-state index in [1.54, 1.807) is 7.11 Å². The number of nitrogens with zero attached hydrogens (tertiary/aromatic N) is 2. The molecule has 2 aromatic rings. The van der Waals surface area contributed by atoms with Gasteiger partial charge in [0.05, 0.1) is 19.0 Å². The third-order valence-corrected chi connectivity index (χ3v) is 6.72. The van der Waals surface area contributed by atoms with Gasteiger partial charge in [-0.3, -0.25) is 0 Å². The molecule has 2 heterocycles. The number of hydrogen-bond donors (Lipinski definition) is 1. The second kappa shape index (κ2) is 5.87. The molecule has 0 amide bonds. The average molecular weight is 337 g/mol. The molecule has 1 N–H and O–H groups in total. The van der Waals surface area contributed by atoms with E-state index >= 15 is 0 Å². The first-order valence-corrected chi connectivity index (χ1v) is 9.65. The van der Waals surface area contributed by atoms with Crippen molar-refractivity contribution in [1.82, 2.24) is 14.9 Å². The maximum absolute atomic E-state index is 5.17. The number of aromatic nitrogens is 2. The zero-order valence-corrected chi connectivity index (χ0v) is 14.9. The van der Waals surface area contributed by atoms with E-state index in [1.807, 2.05) is 12.3 Å². The van der Waals surface area contributed by atoms with Crippen LogP contribution in [0.3, 0.4) is 0 Å². The van der Waals surface area contributed by atoms with Crippen LogP contribution in [-0.2, 0) is 6.54 Å². The average Bonchev–Trinajstić information content (AvgIpc) is 3.08. The fraction of sp³-hybridized carbons (Fsp3) is 0.571. The van der Waals surface area contributed by atoms with Crippen molar-refractivity contribution in [3.05, 3.63) is 42.4 Å². The van der Waals surface area contributed by atoms with Crippen molar-refractivity contribution in [1.29, 1.82) is 0 Å². The minimum Gasteiger partial charge on any atom is -0.481 e. The molecule has 6 rings (SSSR count). The van der Waals surface area contributed by atoms with Crippen molar-refractivity contribution in [2.75, 3.05) is 7.11 Å². The molecular formula is C21H27N3O. The summed E-state index contributed by atoms with van der Waals surface area (Å²) >= 11 is 0. The topological polar surface area (TPSA) is 39.1 Å². The minimum atomic E-state index is 0.405. The SMILES string of the molecule is COc1ccc(-n2cccc2CNC23CC4CC(CC(C4)C2)C3)cn1. The summed E-state index contributed by atoms with van der Waals surface area (Å²) in [5.74, 6) is 3.60. The van der Waals surface area contributed by atoms with Crippen LogP contribution in [0.4, 0.5) is 0 Å². The summed E-state index contributed by atoms with van der Waals surface area (Å²) in [6.07, 6.45) is 12.7. The van der Waals surface area contributed by atoms with Crippen molar-refractivity contribution in [3.63, 3.8) is 0 Å². The molecule has 2 aromatic heterocycles. The molecule has 0 aromatic carbocycles. The van der Waals surface area contributed by atoms with E-state index in [1.165, 1.54) is 44.2 Å². The fourth-order valence-corrected chi connectivity index (χ4v) is 6.05. The van der Waals surface area contributed by atoms with E-state index in [0.29, 0.717) is 11.4 Å². The Hall–Kier alpha value is -1.81. The Kier molecular flexibility index (Phi) is 3.63. The van der Waals surface area contributed by atoms with Crippen molar-refractivity contribution in [3.8, 4) is 11.6 Å². The van der Waals surface area contributed by atoms with Gasteiger partial charge in [-0.15, -0.1) is 0 Å². The van der Waals surface area contributed by atoms with Gasteiger partial charge in [-0.2, -0.15) is 0 Å². The molecule has 132 valence electrons. The molecule has 0 spiro atoms. The second-order valence-corrected chi connectivity index (χ2v) is 8.48. The molecule has 0 radical (unpaired) electrons. The van der Waals surface area contributed by atoms with Gasteiger partial charge in [-0.25, -0.2) is 4.98 Å². The van der Waals surface area contributed by atoms with Crippen LogP contribution >= 0.6 is 0 Å². The molecule has 4 aliphatic carbocycles. The van der Waals surface area contributed by atoms with Crippen LogP contribution < -0.4 is 10.1 Å². The third-order valence-electron chi connectivity index (χ3n) is 6.72. The number of rotatable bonds is 5. The standard InChI is InChI=1S/C21H27N3O/c1-25-20-5-4-19(13-22-20)24-6-2-3-18(24)14-23-21-10-15-7-16(11-21)9-17(8-15)12-21/h2-6,13,15-17,23H,7-12,14H2,1H3. The van der Waals surface area contributed by atoms with E-state index in [-0.39, 0.29) is 0 Å². The van der Waals surface area contributed by atoms with Crippen LogP contribution in [-0.4, -0.2) is 22.2 Å². The molecule has 4 bridgehead atoms. The smallest absolute Gasteiger partial charge is 0.213 e. The summed E-state index contributed by atoms with van der Waals surface area (Å²) in [6, 6.07) is 8.34. The van der Waals surface area contributed by atoms with Crippen molar-refractivity contribution < 1.29 is 4.74 Å². The molecule has 0 aliphatic heterocycles. The molecule has 4 fully saturated rings. The highest BCUT2D eigenvalue weighted by Crippen LogP contribution is 2.55. The Morgan fingerprint density at radius 1 is 1.12 bits per heavy atom. The molecule has 0 saturated heterocycles. The second-order valence-electron chi connectivity index (χ2n) is 8.48. The first-order chi connectivity index (χ1) is 12.2. The van der Waals surface area contributed by atoms with Gasteiger partial charge >= 0.3 is 0 Å². The van der Waals surface area contributed by atoms with Gasteiger partial charge in [-0.05, 0) is 74.5 Å². The van der Waals surface area contributed by atoms with Crippen LogP contribution in [0.5, 0.6) is 5.88 Å². The molecule has 4 nitrogen and oxygen atoms in total.